The van der Waals surface area contributed by atoms with Gasteiger partial charge in [0, 0.05) is 65.6 Å². The Morgan fingerprint density at radius 1 is 0.781 bits per heavy atom. The lowest BCUT2D eigenvalue weighted by Gasteiger charge is -2.44. The highest BCUT2D eigenvalue weighted by atomic mass is 16.7. The fraction of sp³-hybridized carbons (Fsp3) is 0.527. The van der Waals surface area contributed by atoms with E-state index in [9.17, 15) is 38.7 Å². The first-order chi connectivity index (χ1) is 34.5. The molecule has 0 aromatic rings. The number of guanidine groups is 1. The molecular weight excluding hydrogens is 941 g/mol. The van der Waals surface area contributed by atoms with Gasteiger partial charge < -0.3 is 43.7 Å². The van der Waals surface area contributed by atoms with Gasteiger partial charge in [0.1, 0.15) is 11.5 Å². The molecule has 0 aromatic carbocycles. The molecule has 0 radical (unpaired) electrons. The number of nitrogens with zero attached hydrogens (tertiary/aromatic N) is 1. The van der Waals surface area contributed by atoms with Crippen LogP contribution in [-0.2, 0) is 62.0 Å². The summed E-state index contributed by atoms with van der Waals surface area (Å²) in [5.41, 5.74) is 1.09. The smallest absolute Gasteiger partial charge is 0.339 e. The number of allylic oxidation sites excluding steroid dienone is 15. The Kier molecular flexibility index (Phi) is 28.4. The lowest BCUT2D eigenvalue weighted by Crippen LogP contribution is -2.64. The van der Waals surface area contributed by atoms with E-state index in [4.69, 9.17) is 33.8 Å². The summed E-state index contributed by atoms with van der Waals surface area (Å²) in [6.45, 7) is 15.1. The number of rotatable bonds is 27. The van der Waals surface area contributed by atoms with Crippen molar-refractivity contribution < 1.29 is 67.1 Å². The van der Waals surface area contributed by atoms with Crippen LogP contribution in [0.4, 0.5) is 0 Å². The summed E-state index contributed by atoms with van der Waals surface area (Å²) in [4.78, 5) is 87.7. The van der Waals surface area contributed by atoms with Crippen molar-refractivity contribution in [3.63, 3.8) is 0 Å². The molecule has 2 amide bonds. The fourth-order valence-electron chi connectivity index (χ4n) is 7.75. The Morgan fingerprint density at radius 3 is 1.99 bits per heavy atom. The van der Waals surface area contributed by atoms with Crippen molar-refractivity contribution in [2.45, 2.75) is 150 Å². The minimum Gasteiger partial charge on any atom is -0.510 e. The summed E-state index contributed by atoms with van der Waals surface area (Å²) < 4.78 is 34.5. The Labute approximate surface area is 430 Å². The van der Waals surface area contributed by atoms with E-state index in [1.54, 1.807) is 61.4 Å². The number of hydrogen-bond donors (Lipinski definition) is 4. The van der Waals surface area contributed by atoms with Gasteiger partial charge in [-0.1, -0.05) is 106 Å². The molecule has 4 N–H and O–H groups in total. The summed E-state index contributed by atoms with van der Waals surface area (Å²) in [6, 6.07) is 0. The van der Waals surface area contributed by atoms with Crippen LogP contribution in [0.2, 0.25) is 0 Å². The van der Waals surface area contributed by atoms with Crippen LogP contribution < -0.4 is 10.6 Å². The molecule has 1 aliphatic carbocycles. The van der Waals surface area contributed by atoms with E-state index < -0.39 is 66.6 Å². The molecule has 2 aliphatic rings. The van der Waals surface area contributed by atoms with Gasteiger partial charge in [-0.25, -0.2) is 4.79 Å². The number of amides is 2. The fourth-order valence-corrected chi connectivity index (χ4v) is 7.75. The first kappa shape index (κ1) is 62.5. The molecule has 18 heteroatoms. The van der Waals surface area contributed by atoms with Crippen LogP contribution in [0.25, 0.3) is 0 Å². The minimum absolute atomic E-state index is 0.0582. The van der Waals surface area contributed by atoms with E-state index in [2.05, 4.69) is 54.9 Å². The summed E-state index contributed by atoms with van der Waals surface area (Å²) in [6.07, 6.45) is 23.9. The molecule has 18 nitrogen and oxygen atoms in total. The number of methoxy groups -OCH3 is 1. The van der Waals surface area contributed by atoms with Crippen molar-refractivity contribution >= 4 is 47.4 Å². The van der Waals surface area contributed by atoms with Crippen molar-refractivity contribution in [3.8, 4) is 0 Å². The second-order valence-electron chi connectivity index (χ2n) is 18.2. The zero-order valence-corrected chi connectivity index (χ0v) is 44.3. The molecule has 402 valence electrons. The number of carbonyl (C=O) groups excluding carboxylic acids is 7. The van der Waals surface area contributed by atoms with E-state index in [-0.39, 0.29) is 53.8 Å². The highest BCUT2D eigenvalue weighted by Crippen LogP contribution is 2.33. The Hall–Kier alpha value is -6.66. The lowest BCUT2D eigenvalue weighted by molar-refractivity contribution is -0.309. The van der Waals surface area contributed by atoms with Crippen molar-refractivity contribution in [2.24, 2.45) is 17.8 Å². The summed E-state index contributed by atoms with van der Waals surface area (Å²) in [5, 5.41) is 22.7. The van der Waals surface area contributed by atoms with Crippen molar-refractivity contribution in [1.82, 2.24) is 15.5 Å². The van der Waals surface area contributed by atoms with Crippen LogP contribution in [0.3, 0.4) is 0 Å². The Balaban J connectivity index is 2.27. The van der Waals surface area contributed by atoms with Gasteiger partial charge in [0.2, 0.25) is 12.2 Å². The van der Waals surface area contributed by atoms with Crippen LogP contribution in [-0.4, -0.2) is 115 Å². The maximum atomic E-state index is 13.2. The number of Topliss-reactive ketones (excluding diaryl/α,β-unsaturated/α-hetero) is 1. The van der Waals surface area contributed by atoms with Crippen molar-refractivity contribution in [1.29, 1.82) is 5.41 Å². The number of ketones is 1. The summed E-state index contributed by atoms with van der Waals surface area (Å²) >= 11 is 0. The molecular formula is C55H78N4O14. The average molecular weight is 1020 g/mol. The van der Waals surface area contributed by atoms with Crippen LogP contribution in [0.1, 0.15) is 114 Å². The van der Waals surface area contributed by atoms with E-state index >= 15 is 0 Å². The molecule has 1 saturated heterocycles. The van der Waals surface area contributed by atoms with Crippen LogP contribution in [0, 0.1) is 23.2 Å². The maximum absolute atomic E-state index is 13.2. The number of hydrogen-bond acceptors (Lipinski definition) is 15. The Bertz CT molecular complexity index is 2200. The molecule has 1 fully saturated rings. The highest BCUT2D eigenvalue weighted by molar-refractivity contribution is 6.04. The third kappa shape index (κ3) is 23.6. The topological polar surface area (TPSA) is 246 Å². The highest BCUT2D eigenvalue weighted by Gasteiger charge is 2.56. The van der Waals surface area contributed by atoms with Gasteiger partial charge >= 0.3 is 23.9 Å². The maximum Gasteiger partial charge on any atom is 0.339 e. The molecule has 0 saturated carbocycles. The van der Waals surface area contributed by atoms with Gasteiger partial charge in [-0.05, 0) is 69.8 Å². The standard InChI is InChI=1S/C55H78N4O14/c1-35(26-20-17-18-25-33-59(10)55(56)57-40(6)60)27-21-19-22-28-36(2)34-39(5)47(37(3)29-23-15-13-12-14-16-24-30-38(4)52(66)58-46-44(64)31-32-45(46)65)72-54-51(71-43(9)63)49(70-42(8)62)48(69-41(7)61)50(73-54)53(67)68-11/h12-17,20-21,23-24,27,29-30,34-37,47-51,54,64H,18-19,22,25-26,28,31-33H2,1-11H3,(H,58,66)(H2,56,57,60)/b14-12+,15-13+,20-17+,24-16+,27-21+,29-23+,38-30+,39-34+. The quantitative estimate of drug-likeness (QED) is 0.00896. The summed E-state index contributed by atoms with van der Waals surface area (Å²) in [7, 11) is 2.90. The minimum atomic E-state index is -1.62. The number of aliphatic hydroxyl groups excluding tert-OH is 1. The second-order valence-corrected chi connectivity index (χ2v) is 18.2. The van der Waals surface area contributed by atoms with Gasteiger partial charge in [0.25, 0.3) is 5.91 Å². The number of unbranched alkanes of at least 4 members (excludes halogenated alkanes) is 2. The average Bonchev–Trinajstić information content (AvgIpc) is 3.63. The van der Waals surface area contributed by atoms with Gasteiger partial charge in [-0.15, -0.1) is 0 Å². The molecule has 1 heterocycles. The molecule has 9 unspecified atom stereocenters. The third-order valence-corrected chi connectivity index (χ3v) is 11.5. The normalized spacial score (nSPS) is 21.5. The second kappa shape index (κ2) is 33.1. The number of nitrogens with one attached hydrogen (secondary N) is 3. The third-order valence-electron chi connectivity index (χ3n) is 11.5. The van der Waals surface area contributed by atoms with Gasteiger partial charge in [0.15, 0.2) is 36.2 Å². The van der Waals surface area contributed by atoms with E-state index in [1.165, 1.54) is 6.92 Å². The lowest BCUT2D eigenvalue weighted by atomic mass is 9.92. The molecule has 9 atom stereocenters. The van der Waals surface area contributed by atoms with Crippen LogP contribution in [0.5, 0.6) is 0 Å². The van der Waals surface area contributed by atoms with Crippen molar-refractivity contribution in [2.75, 3.05) is 20.7 Å². The number of aliphatic hydroxyl groups is 1. The molecule has 2 rings (SSSR count). The zero-order valence-electron chi connectivity index (χ0n) is 44.3. The van der Waals surface area contributed by atoms with Gasteiger partial charge in [0.05, 0.1) is 13.2 Å². The van der Waals surface area contributed by atoms with E-state index in [0.29, 0.717) is 18.0 Å². The number of esters is 4. The van der Waals surface area contributed by atoms with E-state index in [0.717, 1.165) is 72.0 Å². The molecule has 1 aliphatic heterocycles. The van der Waals surface area contributed by atoms with E-state index in [1.807, 2.05) is 26.0 Å². The first-order valence-electron chi connectivity index (χ1n) is 24.6. The Morgan fingerprint density at radius 2 is 1.38 bits per heavy atom. The summed E-state index contributed by atoms with van der Waals surface area (Å²) in [5.74, 6) is -4.33. The molecule has 0 bridgehead atoms. The predicted molar refractivity (Wildman–Crippen MR) is 276 cm³/mol. The number of ether oxygens (including phenoxy) is 6. The van der Waals surface area contributed by atoms with Gasteiger partial charge in [-0.3, -0.25) is 39.5 Å². The number of carbonyl (C=O) groups is 7. The molecule has 0 spiro atoms. The first-order valence-corrected chi connectivity index (χ1v) is 24.6. The van der Waals surface area contributed by atoms with Crippen LogP contribution in [0.15, 0.2) is 108 Å². The largest absolute Gasteiger partial charge is 0.510 e. The molecule has 0 aromatic heterocycles. The molecule has 73 heavy (non-hydrogen) atoms. The predicted octanol–water partition coefficient (Wildman–Crippen LogP) is 7.79. The zero-order chi connectivity index (χ0) is 54.6. The monoisotopic (exact) mass is 1020 g/mol. The van der Waals surface area contributed by atoms with Crippen LogP contribution >= 0.6 is 0 Å². The SMILES string of the molecule is COC(=O)C1OC(OC(/C(C)=C/C(C)CCC/C=C/C(C)C/C=C/CCCN(C)C(=N)NC(C)=O)C(C)/C=C/C=C/C=C/C=C/C=C(\C)C(=O)NC2=C(O)CCC2=O)C(OC(C)=O)C(OC(C)=O)C1OC(C)=O. The van der Waals surface area contributed by atoms with Crippen molar-refractivity contribution in [3.05, 3.63) is 108 Å². The van der Waals surface area contributed by atoms with Gasteiger partial charge in [-0.2, -0.15) is 0 Å².